The molecule has 1 aliphatic heterocycles. The second kappa shape index (κ2) is 10.8. The van der Waals surface area contributed by atoms with Gasteiger partial charge in [-0.05, 0) is 43.1 Å². The first-order valence-electron chi connectivity index (χ1n) is 12.1. The molecule has 39 heavy (non-hydrogen) atoms. The van der Waals surface area contributed by atoms with Crippen LogP contribution in [0.15, 0.2) is 59.9 Å². The molecule has 1 aliphatic rings. The molecule has 0 radical (unpaired) electrons. The average Bonchev–Trinajstić information content (AvgIpc) is 3.36. The Morgan fingerprint density at radius 3 is 2.59 bits per heavy atom. The third-order valence-electron chi connectivity index (χ3n) is 6.69. The van der Waals surface area contributed by atoms with Gasteiger partial charge in [-0.2, -0.15) is 13.2 Å². The van der Waals surface area contributed by atoms with Gasteiger partial charge in [0.05, 0.1) is 16.6 Å². The Hall–Kier alpha value is -3.71. The van der Waals surface area contributed by atoms with E-state index in [1.807, 2.05) is 47.4 Å². The number of amides is 1. The predicted molar refractivity (Wildman–Crippen MR) is 140 cm³/mol. The normalized spacial score (nSPS) is 16.6. The highest BCUT2D eigenvalue weighted by molar-refractivity contribution is 7.98. The maximum Gasteiger partial charge on any atom is 0.419 e. The van der Waals surface area contributed by atoms with E-state index in [4.69, 9.17) is 0 Å². The zero-order valence-corrected chi connectivity index (χ0v) is 21.9. The first-order valence-corrected chi connectivity index (χ1v) is 13.3. The predicted octanol–water partition coefficient (Wildman–Crippen LogP) is 4.13. The summed E-state index contributed by atoms with van der Waals surface area (Å²) in [5.41, 5.74) is 0.0721. The van der Waals surface area contributed by atoms with Gasteiger partial charge in [-0.1, -0.05) is 12.1 Å². The van der Waals surface area contributed by atoms with Crippen LogP contribution in [0.25, 0.3) is 16.7 Å². The van der Waals surface area contributed by atoms with E-state index in [0.717, 1.165) is 22.6 Å². The molecule has 0 bridgehead atoms. The number of likely N-dealkylation sites (N-methyl/N-ethyl adjacent to an activating group) is 1. The van der Waals surface area contributed by atoms with Crippen LogP contribution in [0.3, 0.4) is 0 Å². The number of hydrogen-bond donors (Lipinski definition) is 1. The Balaban J connectivity index is 1.35. The molecule has 1 atom stereocenters. The van der Waals surface area contributed by atoms with Crippen LogP contribution in [0.2, 0.25) is 0 Å². The minimum Gasteiger partial charge on any atom is -0.353 e. The van der Waals surface area contributed by atoms with E-state index in [0.29, 0.717) is 49.1 Å². The lowest BCUT2D eigenvalue weighted by Gasteiger charge is -2.39. The summed E-state index contributed by atoms with van der Waals surface area (Å²) in [4.78, 5) is 26.8. The molecule has 1 fully saturated rings. The van der Waals surface area contributed by atoms with Crippen LogP contribution < -0.4 is 10.2 Å². The smallest absolute Gasteiger partial charge is 0.353 e. The van der Waals surface area contributed by atoms with Crippen LogP contribution in [0, 0.1) is 5.82 Å². The summed E-state index contributed by atoms with van der Waals surface area (Å²) >= 11 is 1.65. The zero-order chi connectivity index (χ0) is 27.7. The van der Waals surface area contributed by atoms with Gasteiger partial charge in [-0.3, -0.25) is 9.69 Å². The van der Waals surface area contributed by atoms with Crippen LogP contribution in [0.5, 0.6) is 0 Å². The molecule has 4 aromatic rings. The number of nitrogens with zero attached hydrogens (tertiary/aromatic N) is 6. The summed E-state index contributed by atoms with van der Waals surface area (Å²) in [6.45, 7) is 1.96. The number of anilines is 1. The number of thioether (sulfide) groups is 1. The van der Waals surface area contributed by atoms with Crippen LogP contribution in [-0.4, -0.2) is 69.5 Å². The number of benzene rings is 2. The van der Waals surface area contributed by atoms with E-state index in [-0.39, 0.29) is 11.6 Å². The van der Waals surface area contributed by atoms with Gasteiger partial charge in [0.1, 0.15) is 24.0 Å². The number of carbonyl (C=O) groups is 1. The van der Waals surface area contributed by atoms with Gasteiger partial charge in [0.25, 0.3) is 0 Å². The maximum absolute atomic E-state index is 14.2. The van der Waals surface area contributed by atoms with Crippen molar-refractivity contribution in [2.24, 2.45) is 0 Å². The molecule has 1 amide bonds. The van der Waals surface area contributed by atoms with Crippen molar-refractivity contribution >= 4 is 34.5 Å². The van der Waals surface area contributed by atoms with Crippen molar-refractivity contribution in [3.63, 3.8) is 0 Å². The van der Waals surface area contributed by atoms with Gasteiger partial charge >= 0.3 is 6.18 Å². The Labute approximate surface area is 226 Å². The topological polar surface area (TPSA) is 79.2 Å². The monoisotopic (exact) mass is 559 g/mol. The number of nitrogens with one attached hydrogen (secondary N) is 1. The third kappa shape index (κ3) is 5.69. The first-order chi connectivity index (χ1) is 18.6. The Kier molecular flexibility index (Phi) is 7.45. The number of alkyl halides is 3. The molecule has 8 nitrogen and oxygen atoms in total. The van der Waals surface area contributed by atoms with Crippen molar-refractivity contribution in [3.8, 4) is 5.69 Å². The number of fused-ring (bicyclic) bond motifs is 1. The van der Waals surface area contributed by atoms with Crippen LogP contribution in [0.4, 0.5) is 23.4 Å². The Morgan fingerprint density at radius 1 is 1.13 bits per heavy atom. The first kappa shape index (κ1) is 26.9. The average molecular weight is 560 g/mol. The maximum atomic E-state index is 14.2. The van der Waals surface area contributed by atoms with Crippen LogP contribution >= 0.6 is 11.8 Å². The van der Waals surface area contributed by atoms with E-state index < -0.39 is 23.6 Å². The summed E-state index contributed by atoms with van der Waals surface area (Å²) in [5, 5.41) is 7.87. The minimum absolute atomic E-state index is 0.114. The van der Waals surface area contributed by atoms with Crippen molar-refractivity contribution < 1.29 is 22.4 Å². The van der Waals surface area contributed by atoms with Gasteiger partial charge in [0, 0.05) is 43.3 Å². The van der Waals surface area contributed by atoms with E-state index >= 15 is 0 Å². The zero-order valence-electron chi connectivity index (χ0n) is 21.1. The fourth-order valence-electron chi connectivity index (χ4n) is 4.49. The molecule has 13 heteroatoms. The lowest BCUT2D eigenvalue weighted by Crippen LogP contribution is -2.57. The third-order valence-corrected chi connectivity index (χ3v) is 7.44. The number of hydrogen-bond acceptors (Lipinski definition) is 7. The Bertz CT molecular complexity index is 1490. The number of piperazine rings is 1. The second-order valence-electron chi connectivity index (χ2n) is 9.18. The van der Waals surface area contributed by atoms with Gasteiger partial charge in [0.15, 0.2) is 5.65 Å². The highest BCUT2D eigenvalue weighted by atomic mass is 32.2. The molecule has 1 N–H and O–H groups in total. The number of halogens is 4. The number of carbonyl (C=O) groups excluding carboxylic acids is 1. The van der Waals surface area contributed by atoms with Crippen LogP contribution in [0.1, 0.15) is 11.1 Å². The molecule has 1 saturated heterocycles. The van der Waals surface area contributed by atoms with Gasteiger partial charge in [0.2, 0.25) is 5.91 Å². The molecule has 3 heterocycles. The van der Waals surface area contributed by atoms with Crippen molar-refractivity contribution in [1.29, 1.82) is 0 Å². The lowest BCUT2D eigenvalue weighted by atomic mass is 10.1. The van der Waals surface area contributed by atoms with Crippen molar-refractivity contribution in [3.05, 3.63) is 71.9 Å². The summed E-state index contributed by atoms with van der Waals surface area (Å²) < 4.78 is 54.4. The lowest BCUT2D eigenvalue weighted by molar-refractivity contribution is -0.140. The fraction of sp³-hybridized carbons (Fsp3) is 0.308. The standard InChI is InChI=1S/C26H25F4N7OS/c1-35-9-10-36(14-22(35)25(38)31-12-16-3-6-18(39-2)7-4-16)24-19-13-37(34-23(19)32-15-33-24)17-5-8-20(21(27)11-17)26(28,29)30/h3-8,11,13,15,22H,9-10,12,14H2,1-2H3,(H,31,38)/t22-/m1/s1. The molecule has 204 valence electrons. The molecule has 5 rings (SSSR count). The van der Waals surface area contributed by atoms with E-state index in [1.165, 1.54) is 11.0 Å². The highest BCUT2D eigenvalue weighted by Crippen LogP contribution is 2.32. The highest BCUT2D eigenvalue weighted by Gasteiger charge is 2.34. The molecule has 0 aliphatic carbocycles. The van der Waals surface area contributed by atoms with Crippen LogP contribution in [-0.2, 0) is 17.5 Å². The summed E-state index contributed by atoms with van der Waals surface area (Å²) in [6, 6.07) is 10.2. The van der Waals surface area contributed by atoms with E-state index in [9.17, 15) is 22.4 Å². The molecule has 2 aromatic carbocycles. The second-order valence-corrected chi connectivity index (χ2v) is 10.1. The van der Waals surface area contributed by atoms with E-state index in [2.05, 4.69) is 20.4 Å². The van der Waals surface area contributed by atoms with Gasteiger partial charge in [-0.25, -0.2) is 19.0 Å². The molecule has 0 unspecified atom stereocenters. The van der Waals surface area contributed by atoms with Crippen molar-refractivity contribution in [2.45, 2.75) is 23.7 Å². The molecule has 0 spiro atoms. The molecule has 2 aromatic heterocycles. The molecular formula is C26H25F4N7OS. The quantitative estimate of drug-likeness (QED) is 0.281. The van der Waals surface area contributed by atoms with E-state index in [1.54, 1.807) is 18.0 Å². The summed E-state index contributed by atoms with van der Waals surface area (Å²) in [7, 11) is 1.89. The number of aromatic nitrogens is 4. The SMILES string of the molecule is CSc1ccc(CNC(=O)[C@H]2CN(c3ncnc4nn(-c5ccc(C(F)(F)F)c(F)c5)cc34)CCN2C)cc1. The van der Waals surface area contributed by atoms with Crippen molar-refractivity contribution in [2.75, 3.05) is 37.8 Å². The molecular weight excluding hydrogens is 534 g/mol. The largest absolute Gasteiger partial charge is 0.419 e. The van der Waals surface area contributed by atoms with Gasteiger partial charge < -0.3 is 10.2 Å². The van der Waals surface area contributed by atoms with Crippen molar-refractivity contribution in [1.82, 2.24) is 30.0 Å². The van der Waals surface area contributed by atoms with Gasteiger partial charge in [-0.15, -0.1) is 16.9 Å². The fourth-order valence-corrected chi connectivity index (χ4v) is 4.89. The minimum atomic E-state index is -4.79. The summed E-state index contributed by atoms with van der Waals surface area (Å²) in [5.74, 6) is -0.964. The Morgan fingerprint density at radius 2 is 1.90 bits per heavy atom. The number of rotatable bonds is 6. The molecule has 0 saturated carbocycles. The summed E-state index contributed by atoms with van der Waals surface area (Å²) in [6.07, 6.45) is 0.109.